The number of carbonyl (C=O) groups excluding carboxylic acids is 1. The Labute approximate surface area is 124 Å². The summed E-state index contributed by atoms with van der Waals surface area (Å²) in [5, 5.41) is 8.83. The van der Waals surface area contributed by atoms with Gasteiger partial charge in [-0.2, -0.15) is 0 Å². The first-order valence-corrected chi connectivity index (χ1v) is 7.59. The van der Waals surface area contributed by atoms with E-state index in [0.29, 0.717) is 32.8 Å². The fraction of sp³-hybridized carbons (Fsp3) is 0.857. The molecule has 7 nitrogen and oxygen atoms in total. The number of amides is 2. The van der Waals surface area contributed by atoms with Gasteiger partial charge in [0.25, 0.3) is 0 Å². The van der Waals surface area contributed by atoms with Crippen molar-refractivity contribution < 1.29 is 24.2 Å². The maximum Gasteiger partial charge on any atom is 0.320 e. The highest BCUT2D eigenvalue weighted by Crippen LogP contribution is 2.16. The number of rotatable bonds is 5. The molecule has 1 N–H and O–H groups in total. The molecule has 0 spiro atoms. The zero-order valence-corrected chi connectivity index (χ0v) is 12.5. The van der Waals surface area contributed by atoms with Crippen molar-refractivity contribution in [2.45, 2.75) is 38.4 Å². The van der Waals surface area contributed by atoms with Gasteiger partial charge in [-0.05, 0) is 19.8 Å². The summed E-state index contributed by atoms with van der Waals surface area (Å²) in [6.07, 6.45) is 1.69. The van der Waals surface area contributed by atoms with Crippen LogP contribution in [0.5, 0.6) is 0 Å². The Bertz CT molecular complexity index is 370. The molecule has 2 unspecified atom stereocenters. The standard InChI is InChI=1S/C14H24N2O5/c1-2-15(9-11-4-3-6-20-11)14(19)16-5-7-21-12(10-16)8-13(17)18/h11-12H,2-10H2,1H3,(H,17,18). The van der Waals surface area contributed by atoms with Crippen LogP contribution in [0.15, 0.2) is 0 Å². The van der Waals surface area contributed by atoms with E-state index in [1.807, 2.05) is 6.92 Å². The average molecular weight is 300 g/mol. The summed E-state index contributed by atoms with van der Waals surface area (Å²) < 4.78 is 11.0. The van der Waals surface area contributed by atoms with Crippen molar-refractivity contribution in [1.29, 1.82) is 0 Å². The minimum Gasteiger partial charge on any atom is -0.481 e. The first-order chi connectivity index (χ1) is 10.1. The maximum absolute atomic E-state index is 12.5. The lowest BCUT2D eigenvalue weighted by molar-refractivity contribution is -0.141. The Hall–Kier alpha value is -1.34. The number of carbonyl (C=O) groups is 2. The first kappa shape index (κ1) is 16.0. The van der Waals surface area contributed by atoms with Crippen LogP contribution in [0.3, 0.4) is 0 Å². The topological polar surface area (TPSA) is 79.3 Å². The van der Waals surface area contributed by atoms with Crippen molar-refractivity contribution in [2.24, 2.45) is 0 Å². The molecule has 2 aliphatic rings. The zero-order chi connectivity index (χ0) is 15.2. The van der Waals surface area contributed by atoms with Crippen molar-refractivity contribution in [1.82, 2.24) is 9.80 Å². The van der Waals surface area contributed by atoms with Crippen molar-refractivity contribution >= 4 is 12.0 Å². The quantitative estimate of drug-likeness (QED) is 0.812. The summed E-state index contributed by atoms with van der Waals surface area (Å²) >= 11 is 0. The van der Waals surface area contributed by atoms with Gasteiger partial charge in [0, 0.05) is 32.8 Å². The number of carboxylic acid groups (broad SMARTS) is 1. The van der Waals surface area contributed by atoms with Gasteiger partial charge in [0.1, 0.15) is 0 Å². The van der Waals surface area contributed by atoms with E-state index >= 15 is 0 Å². The van der Waals surface area contributed by atoms with E-state index in [4.69, 9.17) is 14.6 Å². The maximum atomic E-state index is 12.5. The molecule has 2 rings (SSSR count). The van der Waals surface area contributed by atoms with Crippen LogP contribution in [-0.4, -0.2) is 78.5 Å². The number of likely N-dealkylation sites (N-methyl/N-ethyl adjacent to an activating group) is 1. The van der Waals surface area contributed by atoms with Crippen LogP contribution in [0.1, 0.15) is 26.2 Å². The minimum atomic E-state index is -0.902. The normalized spacial score (nSPS) is 25.9. The number of urea groups is 1. The fourth-order valence-corrected chi connectivity index (χ4v) is 2.79. The molecule has 0 aromatic rings. The van der Waals surface area contributed by atoms with Crippen LogP contribution in [0.4, 0.5) is 4.79 Å². The van der Waals surface area contributed by atoms with Crippen LogP contribution in [0.2, 0.25) is 0 Å². The van der Waals surface area contributed by atoms with Crippen molar-refractivity contribution in [3.05, 3.63) is 0 Å². The summed E-state index contributed by atoms with van der Waals surface area (Å²) in [5.74, 6) is -0.902. The van der Waals surface area contributed by atoms with E-state index in [2.05, 4.69) is 0 Å². The Morgan fingerprint density at radius 3 is 2.67 bits per heavy atom. The van der Waals surface area contributed by atoms with E-state index in [1.165, 1.54) is 0 Å². The molecule has 2 aliphatic heterocycles. The van der Waals surface area contributed by atoms with Gasteiger partial charge < -0.3 is 24.4 Å². The molecule has 0 radical (unpaired) electrons. The molecule has 0 aromatic carbocycles. The summed E-state index contributed by atoms with van der Waals surface area (Å²) in [5.41, 5.74) is 0. The predicted octanol–water partition coefficient (Wildman–Crippen LogP) is 0.783. The number of morpholine rings is 1. The fourth-order valence-electron chi connectivity index (χ4n) is 2.79. The predicted molar refractivity (Wildman–Crippen MR) is 75.2 cm³/mol. The van der Waals surface area contributed by atoms with Gasteiger partial charge in [-0.3, -0.25) is 4.79 Å². The Morgan fingerprint density at radius 1 is 1.29 bits per heavy atom. The Kier molecular flexibility index (Phi) is 5.81. The third-order valence-corrected chi connectivity index (χ3v) is 3.91. The molecule has 2 amide bonds. The third-order valence-electron chi connectivity index (χ3n) is 3.91. The van der Waals surface area contributed by atoms with Crippen LogP contribution in [0.25, 0.3) is 0 Å². The van der Waals surface area contributed by atoms with E-state index in [0.717, 1.165) is 19.4 Å². The van der Waals surface area contributed by atoms with Gasteiger partial charge in [0.05, 0.1) is 25.2 Å². The molecule has 7 heteroatoms. The molecule has 0 aliphatic carbocycles. The second-order valence-corrected chi connectivity index (χ2v) is 5.49. The molecule has 0 bridgehead atoms. The highest BCUT2D eigenvalue weighted by molar-refractivity contribution is 5.75. The van der Waals surface area contributed by atoms with Crippen LogP contribution in [-0.2, 0) is 14.3 Å². The molecular formula is C14H24N2O5. The SMILES string of the molecule is CCN(CC1CCCO1)C(=O)N1CCOC(CC(=O)O)C1. The molecular weight excluding hydrogens is 276 g/mol. The van der Waals surface area contributed by atoms with Gasteiger partial charge in [0.15, 0.2) is 0 Å². The van der Waals surface area contributed by atoms with E-state index in [9.17, 15) is 9.59 Å². The van der Waals surface area contributed by atoms with Gasteiger partial charge in [0.2, 0.25) is 0 Å². The van der Waals surface area contributed by atoms with E-state index in [-0.39, 0.29) is 18.6 Å². The second-order valence-electron chi connectivity index (χ2n) is 5.49. The van der Waals surface area contributed by atoms with Crippen LogP contribution in [0, 0.1) is 0 Å². The molecule has 2 fully saturated rings. The average Bonchev–Trinajstić information content (AvgIpc) is 2.96. The molecule has 0 aromatic heterocycles. The number of hydrogen-bond donors (Lipinski definition) is 1. The van der Waals surface area contributed by atoms with Crippen molar-refractivity contribution in [3.8, 4) is 0 Å². The molecule has 2 saturated heterocycles. The summed E-state index contributed by atoms with van der Waals surface area (Å²) in [7, 11) is 0. The number of aliphatic carboxylic acids is 1. The van der Waals surface area contributed by atoms with Gasteiger partial charge in [-0.15, -0.1) is 0 Å². The van der Waals surface area contributed by atoms with Crippen LogP contribution >= 0.6 is 0 Å². The second kappa shape index (κ2) is 7.61. The Morgan fingerprint density at radius 2 is 2.05 bits per heavy atom. The zero-order valence-electron chi connectivity index (χ0n) is 12.5. The summed E-state index contributed by atoms with van der Waals surface area (Å²) in [4.78, 5) is 26.8. The lowest BCUT2D eigenvalue weighted by atomic mass is 10.2. The number of carboxylic acids is 1. The minimum absolute atomic E-state index is 0.0494. The molecule has 2 heterocycles. The monoisotopic (exact) mass is 300 g/mol. The van der Waals surface area contributed by atoms with Crippen LogP contribution < -0.4 is 0 Å². The largest absolute Gasteiger partial charge is 0.481 e. The lowest BCUT2D eigenvalue weighted by Gasteiger charge is -2.36. The summed E-state index contributed by atoms with van der Waals surface area (Å²) in [6.45, 7) is 5.19. The smallest absolute Gasteiger partial charge is 0.320 e. The Balaban J connectivity index is 1.88. The third kappa shape index (κ3) is 4.57. The van der Waals surface area contributed by atoms with Crippen molar-refractivity contribution in [2.75, 3.05) is 39.4 Å². The highest BCUT2D eigenvalue weighted by atomic mass is 16.5. The van der Waals surface area contributed by atoms with Gasteiger partial charge in [-0.1, -0.05) is 0 Å². The molecule has 2 atom stereocenters. The highest BCUT2D eigenvalue weighted by Gasteiger charge is 2.30. The van der Waals surface area contributed by atoms with E-state index in [1.54, 1.807) is 9.80 Å². The van der Waals surface area contributed by atoms with Gasteiger partial charge >= 0.3 is 12.0 Å². The van der Waals surface area contributed by atoms with Gasteiger partial charge in [-0.25, -0.2) is 4.79 Å². The molecule has 21 heavy (non-hydrogen) atoms. The number of ether oxygens (including phenoxy) is 2. The summed E-state index contributed by atoms with van der Waals surface area (Å²) in [6, 6.07) is -0.0494. The number of hydrogen-bond acceptors (Lipinski definition) is 4. The van der Waals surface area contributed by atoms with E-state index < -0.39 is 12.1 Å². The lowest BCUT2D eigenvalue weighted by Crippen LogP contribution is -2.52. The molecule has 120 valence electrons. The molecule has 0 saturated carbocycles. The first-order valence-electron chi connectivity index (χ1n) is 7.59. The number of nitrogens with zero attached hydrogens (tertiary/aromatic N) is 2. The van der Waals surface area contributed by atoms with Crippen molar-refractivity contribution in [3.63, 3.8) is 0 Å².